The molecular formula is C11H15N3O3. The first-order valence-corrected chi connectivity index (χ1v) is 5.14. The van der Waals surface area contributed by atoms with Crippen LogP contribution in [0.5, 0.6) is 0 Å². The van der Waals surface area contributed by atoms with Crippen LogP contribution in [0.4, 0.5) is 11.4 Å². The Balaban J connectivity index is 2.89. The highest BCUT2D eigenvalue weighted by molar-refractivity contribution is 5.96. The second-order valence-corrected chi connectivity index (χ2v) is 3.90. The Bertz CT molecular complexity index is 432. The molecule has 0 fully saturated rings. The van der Waals surface area contributed by atoms with Gasteiger partial charge in [-0.25, -0.2) is 0 Å². The molecule has 0 radical (unpaired) electrons. The van der Waals surface area contributed by atoms with E-state index in [0.29, 0.717) is 0 Å². The van der Waals surface area contributed by atoms with Gasteiger partial charge in [-0.1, -0.05) is 12.1 Å². The molecular weight excluding hydrogens is 222 g/mol. The van der Waals surface area contributed by atoms with Gasteiger partial charge in [0.2, 0.25) is 5.91 Å². The minimum absolute atomic E-state index is 0.105. The van der Waals surface area contributed by atoms with Crippen LogP contribution in [0, 0.1) is 10.1 Å². The summed E-state index contributed by atoms with van der Waals surface area (Å²) in [5, 5.41) is 13.3. The molecule has 1 aromatic carbocycles. The number of likely N-dealkylation sites (N-methyl/N-ethyl adjacent to an activating group) is 1. The molecule has 1 rings (SSSR count). The van der Waals surface area contributed by atoms with Crippen molar-refractivity contribution in [2.45, 2.75) is 13.0 Å². The molecule has 0 heterocycles. The third-order valence-electron chi connectivity index (χ3n) is 2.51. The zero-order valence-corrected chi connectivity index (χ0v) is 10.0. The quantitative estimate of drug-likeness (QED) is 0.635. The van der Waals surface area contributed by atoms with Crippen LogP contribution < -0.4 is 5.32 Å². The molecule has 6 heteroatoms. The van der Waals surface area contributed by atoms with Crippen LogP contribution in [0.25, 0.3) is 0 Å². The van der Waals surface area contributed by atoms with Crippen LogP contribution >= 0.6 is 0 Å². The van der Waals surface area contributed by atoms with E-state index in [1.165, 1.54) is 12.1 Å². The average Bonchev–Trinajstić information content (AvgIpc) is 2.28. The van der Waals surface area contributed by atoms with Gasteiger partial charge in [0.05, 0.1) is 11.0 Å². The number of hydrogen-bond donors (Lipinski definition) is 1. The maximum Gasteiger partial charge on any atom is 0.292 e. The van der Waals surface area contributed by atoms with Gasteiger partial charge in [0.25, 0.3) is 5.69 Å². The van der Waals surface area contributed by atoms with E-state index in [9.17, 15) is 14.9 Å². The minimum atomic E-state index is -0.518. The number of hydrogen-bond acceptors (Lipinski definition) is 4. The van der Waals surface area contributed by atoms with Crippen molar-refractivity contribution in [3.63, 3.8) is 0 Å². The van der Waals surface area contributed by atoms with E-state index in [2.05, 4.69) is 5.32 Å². The first-order chi connectivity index (χ1) is 7.93. The highest BCUT2D eigenvalue weighted by Crippen LogP contribution is 2.23. The number of benzene rings is 1. The molecule has 0 aromatic heterocycles. The van der Waals surface area contributed by atoms with Gasteiger partial charge in [-0.2, -0.15) is 0 Å². The predicted octanol–water partition coefficient (Wildman–Crippen LogP) is 1.48. The van der Waals surface area contributed by atoms with Gasteiger partial charge in [0, 0.05) is 6.07 Å². The molecule has 0 saturated carbocycles. The second kappa shape index (κ2) is 5.40. The highest BCUT2D eigenvalue weighted by Gasteiger charge is 2.19. The number of nitro groups is 1. The van der Waals surface area contributed by atoms with E-state index in [4.69, 9.17) is 0 Å². The smallest absolute Gasteiger partial charge is 0.292 e. The number of carbonyl (C=O) groups is 1. The fourth-order valence-corrected chi connectivity index (χ4v) is 1.21. The second-order valence-electron chi connectivity index (χ2n) is 3.90. The zero-order valence-electron chi connectivity index (χ0n) is 10.0. The lowest BCUT2D eigenvalue weighted by Gasteiger charge is -2.18. The monoisotopic (exact) mass is 237 g/mol. The van der Waals surface area contributed by atoms with Crippen molar-refractivity contribution in [1.29, 1.82) is 0 Å². The molecule has 1 atom stereocenters. The average molecular weight is 237 g/mol. The van der Waals surface area contributed by atoms with Crippen molar-refractivity contribution in [3.8, 4) is 0 Å². The number of nitrogens with zero attached hydrogens (tertiary/aromatic N) is 2. The van der Waals surface area contributed by atoms with Crippen molar-refractivity contribution in [2.75, 3.05) is 19.4 Å². The predicted molar refractivity (Wildman–Crippen MR) is 64.9 cm³/mol. The van der Waals surface area contributed by atoms with Crippen LogP contribution in [-0.2, 0) is 4.79 Å². The highest BCUT2D eigenvalue weighted by atomic mass is 16.6. The largest absolute Gasteiger partial charge is 0.319 e. The number of para-hydroxylation sites is 2. The number of amides is 1. The fourth-order valence-electron chi connectivity index (χ4n) is 1.21. The summed E-state index contributed by atoms with van der Waals surface area (Å²) >= 11 is 0. The summed E-state index contributed by atoms with van der Waals surface area (Å²) < 4.78 is 0. The summed E-state index contributed by atoms with van der Waals surface area (Å²) in [5.41, 5.74) is 0.114. The fraction of sp³-hybridized carbons (Fsp3) is 0.364. The lowest BCUT2D eigenvalue weighted by atomic mass is 10.2. The first kappa shape index (κ1) is 13.1. The van der Waals surface area contributed by atoms with Gasteiger partial charge in [0.15, 0.2) is 0 Å². The molecule has 0 spiro atoms. The van der Waals surface area contributed by atoms with Gasteiger partial charge >= 0.3 is 0 Å². The Morgan fingerprint density at radius 2 is 2.00 bits per heavy atom. The van der Waals surface area contributed by atoms with E-state index in [1.54, 1.807) is 38.1 Å². The number of rotatable bonds is 4. The van der Waals surface area contributed by atoms with E-state index in [-0.39, 0.29) is 23.3 Å². The summed E-state index contributed by atoms with van der Waals surface area (Å²) in [7, 11) is 3.54. The third kappa shape index (κ3) is 3.25. The number of nitrogens with one attached hydrogen (secondary N) is 1. The lowest BCUT2D eigenvalue weighted by Crippen LogP contribution is -2.37. The standard InChI is InChI=1S/C11H15N3O3/c1-8(13(2)3)11(15)12-9-6-4-5-7-10(9)14(16)17/h4-8H,1-3H3,(H,12,15). The Morgan fingerprint density at radius 3 is 2.53 bits per heavy atom. The molecule has 92 valence electrons. The van der Waals surface area contributed by atoms with Crippen LogP contribution in [0.3, 0.4) is 0 Å². The molecule has 1 unspecified atom stereocenters. The molecule has 0 aliphatic rings. The SMILES string of the molecule is CC(C(=O)Nc1ccccc1[N+](=O)[O-])N(C)C. The van der Waals surface area contributed by atoms with E-state index < -0.39 is 4.92 Å². The minimum Gasteiger partial charge on any atom is -0.319 e. The molecule has 1 amide bonds. The van der Waals surface area contributed by atoms with Crippen LogP contribution in [0.1, 0.15) is 6.92 Å². The molecule has 0 bridgehead atoms. The zero-order chi connectivity index (χ0) is 13.0. The summed E-state index contributed by atoms with van der Waals surface area (Å²) in [6.07, 6.45) is 0. The van der Waals surface area contributed by atoms with Gasteiger partial charge < -0.3 is 5.32 Å². The number of carbonyl (C=O) groups excluding carboxylic acids is 1. The van der Waals surface area contributed by atoms with Crippen LogP contribution in [-0.4, -0.2) is 35.9 Å². The lowest BCUT2D eigenvalue weighted by molar-refractivity contribution is -0.383. The first-order valence-electron chi connectivity index (χ1n) is 5.14. The van der Waals surface area contributed by atoms with Gasteiger partial charge in [-0.3, -0.25) is 19.8 Å². The molecule has 17 heavy (non-hydrogen) atoms. The van der Waals surface area contributed by atoms with Crippen molar-refractivity contribution in [3.05, 3.63) is 34.4 Å². The van der Waals surface area contributed by atoms with E-state index in [1.807, 2.05) is 0 Å². The Morgan fingerprint density at radius 1 is 1.41 bits per heavy atom. The van der Waals surface area contributed by atoms with Crippen molar-refractivity contribution >= 4 is 17.3 Å². The van der Waals surface area contributed by atoms with Crippen molar-refractivity contribution < 1.29 is 9.72 Å². The summed E-state index contributed by atoms with van der Waals surface area (Å²) in [6.45, 7) is 1.73. The Hall–Kier alpha value is -1.95. The third-order valence-corrected chi connectivity index (χ3v) is 2.51. The Labute approximate surface area is 99.4 Å². The maximum absolute atomic E-state index is 11.8. The summed E-state index contributed by atoms with van der Waals surface area (Å²) in [5.74, 6) is -0.274. The summed E-state index contributed by atoms with van der Waals surface area (Å²) in [4.78, 5) is 23.7. The molecule has 6 nitrogen and oxygen atoms in total. The molecule has 1 aromatic rings. The molecule has 0 aliphatic carbocycles. The van der Waals surface area contributed by atoms with Crippen LogP contribution in [0.2, 0.25) is 0 Å². The van der Waals surface area contributed by atoms with Crippen LogP contribution in [0.15, 0.2) is 24.3 Å². The summed E-state index contributed by atoms with van der Waals surface area (Å²) in [6, 6.07) is 5.72. The van der Waals surface area contributed by atoms with E-state index in [0.717, 1.165) is 0 Å². The normalized spacial score (nSPS) is 12.2. The van der Waals surface area contributed by atoms with Crippen molar-refractivity contribution in [2.24, 2.45) is 0 Å². The maximum atomic E-state index is 11.8. The van der Waals surface area contributed by atoms with Gasteiger partial charge in [-0.15, -0.1) is 0 Å². The van der Waals surface area contributed by atoms with E-state index >= 15 is 0 Å². The van der Waals surface area contributed by atoms with Crippen molar-refractivity contribution in [1.82, 2.24) is 4.90 Å². The Kier molecular flexibility index (Phi) is 4.17. The van der Waals surface area contributed by atoms with Gasteiger partial charge in [0.1, 0.15) is 5.69 Å². The van der Waals surface area contributed by atoms with Gasteiger partial charge in [-0.05, 0) is 27.1 Å². The number of anilines is 1. The topological polar surface area (TPSA) is 75.5 Å². The molecule has 1 N–H and O–H groups in total. The number of nitro benzene ring substituents is 1. The molecule has 0 aliphatic heterocycles. The molecule has 0 saturated heterocycles.